The highest BCUT2D eigenvalue weighted by molar-refractivity contribution is 8.01. The molecule has 2 aromatic rings. The Morgan fingerprint density at radius 1 is 1.40 bits per heavy atom. The number of aliphatic hydroxyl groups is 1. The minimum atomic E-state index is -0.401. The van der Waals surface area contributed by atoms with Gasteiger partial charge in [-0.3, -0.25) is 4.79 Å². The van der Waals surface area contributed by atoms with Crippen molar-refractivity contribution < 1.29 is 14.6 Å². The molecule has 132 valence electrons. The van der Waals surface area contributed by atoms with Gasteiger partial charge in [0.15, 0.2) is 0 Å². The number of aliphatic hydroxyl groups excluding tert-OH is 1. The third kappa shape index (κ3) is 2.86. The van der Waals surface area contributed by atoms with Crippen LogP contribution in [0.15, 0.2) is 40.6 Å². The predicted molar refractivity (Wildman–Crippen MR) is 101 cm³/mol. The minimum Gasteiger partial charge on any atom is -0.493 e. The van der Waals surface area contributed by atoms with Gasteiger partial charge in [0.05, 0.1) is 27.7 Å². The van der Waals surface area contributed by atoms with Crippen molar-refractivity contribution in [2.45, 2.75) is 17.1 Å². The molecule has 0 unspecified atom stereocenters. The molecule has 3 heterocycles. The topological polar surface area (TPSA) is 49.8 Å². The lowest BCUT2D eigenvalue weighted by Crippen LogP contribution is -2.42. The third-order valence-electron chi connectivity index (χ3n) is 5.14. The van der Waals surface area contributed by atoms with Gasteiger partial charge in [-0.25, -0.2) is 0 Å². The highest BCUT2D eigenvalue weighted by Gasteiger charge is 2.52. The summed E-state index contributed by atoms with van der Waals surface area (Å²) in [6, 6.07) is 11.9. The first kappa shape index (κ1) is 16.9. The molecule has 0 spiro atoms. The first-order valence-corrected chi connectivity index (χ1v) is 10.3. The molecule has 1 aromatic carbocycles. The first-order chi connectivity index (χ1) is 12.2. The van der Waals surface area contributed by atoms with Crippen LogP contribution in [0.3, 0.4) is 0 Å². The maximum atomic E-state index is 13.0. The molecule has 0 saturated carbocycles. The van der Waals surface area contributed by atoms with E-state index in [0.717, 1.165) is 21.9 Å². The van der Waals surface area contributed by atoms with E-state index in [-0.39, 0.29) is 18.4 Å². The van der Waals surface area contributed by atoms with Gasteiger partial charge < -0.3 is 14.7 Å². The van der Waals surface area contributed by atoms with Crippen molar-refractivity contribution in [3.8, 4) is 5.75 Å². The first-order valence-electron chi connectivity index (χ1n) is 8.51. The zero-order chi connectivity index (χ0) is 17.4. The van der Waals surface area contributed by atoms with Crippen LogP contribution < -0.4 is 4.74 Å². The van der Waals surface area contributed by atoms with Crippen molar-refractivity contribution in [1.82, 2.24) is 4.90 Å². The third-order valence-corrected chi connectivity index (χ3v) is 7.32. The van der Waals surface area contributed by atoms with E-state index in [2.05, 4.69) is 13.0 Å². The van der Waals surface area contributed by atoms with E-state index in [1.165, 1.54) is 4.21 Å². The lowest BCUT2D eigenvalue weighted by atomic mass is 9.74. The average molecular weight is 376 g/mol. The van der Waals surface area contributed by atoms with Crippen molar-refractivity contribution in [3.63, 3.8) is 0 Å². The Hall–Kier alpha value is -1.50. The maximum Gasteiger partial charge on any atom is 0.264 e. The number of nitrogens with zero attached hydrogens (tertiary/aromatic N) is 1. The van der Waals surface area contributed by atoms with Gasteiger partial charge in [-0.1, -0.05) is 25.1 Å². The molecule has 0 aliphatic carbocycles. The molecule has 1 aromatic heterocycles. The number of likely N-dealkylation sites (tertiary alicyclic amines) is 1. The SMILES string of the molecule is CCSc1ccc(C(=O)N2C[C@@H]3c4ccccc4OC[C@]3(CO)C2)s1. The van der Waals surface area contributed by atoms with E-state index in [9.17, 15) is 9.90 Å². The van der Waals surface area contributed by atoms with Crippen LogP contribution in [0.25, 0.3) is 0 Å². The van der Waals surface area contributed by atoms with Gasteiger partial charge in [-0.05, 0) is 29.5 Å². The summed E-state index contributed by atoms with van der Waals surface area (Å²) < 4.78 is 7.08. The molecular weight excluding hydrogens is 354 g/mol. The molecule has 0 radical (unpaired) electrons. The van der Waals surface area contributed by atoms with Gasteiger partial charge in [-0.15, -0.1) is 23.1 Å². The molecule has 2 atom stereocenters. The molecule has 1 fully saturated rings. The van der Waals surface area contributed by atoms with Crippen LogP contribution in [0.1, 0.15) is 28.1 Å². The summed E-state index contributed by atoms with van der Waals surface area (Å²) in [6.45, 7) is 3.76. The predicted octanol–water partition coefficient (Wildman–Crippen LogP) is 3.47. The Morgan fingerprint density at radius 3 is 3.04 bits per heavy atom. The standard InChI is InChI=1S/C19H21NO3S2/c1-2-24-17-8-7-16(25-17)18(22)20-9-14-13-5-3-4-6-15(13)23-12-19(14,10-20)11-21/h3-8,14,21H,2,9-12H2,1H3/t14-,19-/m1/s1. The Kier molecular flexibility index (Phi) is 4.52. The molecule has 4 nitrogen and oxygen atoms in total. The van der Waals surface area contributed by atoms with Crippen LogP contribution in [0.2, 0.25) is 0 Å². The summed E-state index contributed by atoms with van der Waals surface area (Å²) in [5.41, 5.74) is 0.703. The number of carbonyl (C=O) groups excluding carboxylic acids is 1. The molecule has 1 amide bonds. The number of para-hydroxylation sites is 1. The fourth-order valence-corrected chi connectivity index (χ4v) is 5.85. The quantitative estimate of drug-likeness (QED) is 0.832. The molecule has 1 N–H and O–H groups in total. The highest BCUT2D eigenvalue weighted by atomic mass is 32.2. The molecule has 2 aliphatic rings. The van der Waals surface area contributed by atoms with E-state index in [0.29, 0.717) is 19.7 Å². The number of amides is 1. The normalized spacial score (nSPS) is 24.6. The van der Waals surface area contributed by atoms with Crippen LogP contribution in [0.4, 0.5) is 0 Å². The van der Waals surface area contributed by atoms with E-state index in [1.807, 2.05) is 35.2 Å². The monoisotopic (exact) mass is 375 g/mol. The van der Waals surface area contributed by atoms with E-state index < -0.39 is 5.41 Å². The van der Waals surface area contributed by atoms with Gasteiger partial charge in [0, 0.05) is 19.0 Å². The number of rotatable bonds is 4. The van der Waals surface area contributed by atoms with Crippen LogP contribution in [0.5, 0.6) is 5.75 Å². The number of ether oxygens (including phenoxy) is 1. The van der Waals surface area contributed by atoms with Crippen LogP contribution in [-0.4, -0.2) is 48.0 Å². The Morgan fingerprint density at radius 2 is 2.24 bits per heavy atom. The van der Waals surface area contributed by atoms with Crippen molar-refractivity contribution >= 4 is 29.0 Å². The smallest absolute Gasteiger partial charge is 0.264 e. The summed E-state index contributed by atoms with van der Waals surface area (Å²) in [5.74, 6) is 2.06. The second-order valence-corrected chi connectivity index (χ2v) is 9.28. The van der Waals surface area contributed by atoms with Gasteiger partial charge in [-0.2, -0.15) is 0 Å². The van der Waals surface area contributed by atoms with E-state index >= 15 is 0 Å². The largest absolute Gasteiger partial charge is 0.493 e. The van der Waals surface area contributed by atoms with Crippen molar-refractivity contribution in [1.29, 1.82) is 0 Å². The van der Waals surface area contributed by atoms with Crippen molar-refractivity contribution in [2.75, 3.05) is 32.1 Å². The highest BCUT2D eigenvalue weighted by Crippen LogP contribution is 2.49. The van der Waals surface area contributed by atoms with Gasteiger partial charge in [0.1, 0.15) is 5.75 Å². The number of hydrogen-bond donors (Lipinski definition) is 1. The number of thioether (sulfide) groups is 1. The molecule has 1 saturated heterocycles. The number of fused-ring (bicyclic) bond motifs is 3. The van der Waals surface area contributed by atoms with Crippen molar-refractivity contribution in [3.05, 3.63) is 46.8 Å². The minimum absolute atomic E-state index is 0.0250. The molecule has 6 heteroatoms. The van der Waals surface area contributed by atoms with E-state index in [4.69, 9.17) is 4.74 Å². The number of hydrogen-bond acceptors (Lipinski definition) is 5. The zero-order valence-corrected chi connectivity index (χ0v) is 15.7. The summed E-state index contributed by atoms with van der Waals surface area (Å²) >= 11 is 3.31. The molecule has 25 heavy (non-hydrogen) atoms. The Bertz CT molecular complexity index is 790. The van der Waals surface area contributed by atoms with Crippen LogP contribution in [-0.2, 0) is 0 Å². The fraction of sp³-hybridized carbons (Fsp3) is 0.421. The Labute approximate surface area is 155 Å². The summed E-state index contributed by atoms with van der Waals surface area (Å²) in [7, 11) is 0. The number of thiophene rings is 1. The molecule has 4 rings (SSSR count). The second kappa shape index (κ2) is 6.67. The fourth-order valence-electron chi connectivity index (χ4n) is 3.84. The summed E-state index contributed by atoms with van der Waals surface area (Å²) in [6.07, 6.45) is 0. The number of carbonyl (C=O) groups is 1. The molecule has 0 bridgehead atoms. The van der Waals surface area contributed by atoms with Gasteiger partial charge in [0.25, 0.3) is 5.91 Å². The summed E-state index contributed by atoms with van der Waals surface area (Å²) in [4.78, 5) is 15.6. The average Bonchev–Trinajstić information content (AvgIpc) is 3.26. The van der Waals surface area contributed by atoms with E-state index in [1.54, 1.807) is 23.1 Å². The molecule has 2 aliphatic heterocycles. The van der Waals surface area contributed by atoms with Crippen LogP contribution >= 0.6 is 23.1 Å². The van der Waals surface area contributed by atoms with Crippen molar-refractivity contribution in [2.24, 2.45) is 5.41 Å². The Balaban J connectivity index is 1.60. The van der Waals surface area contributed by atoms with Gasteiger partial charge in [0.2, 0.25) is 0 Å². The lowest BCUT2D eigenvalue weighted by Gasteiger charge is -2.37. The summed E-state index contributed by atoms with van der Waals surface area (Å²) in [5, 5.41) is 10.1. The van der Waals surface area contributed by atoms with Crippen LogP contribution in [0, 0.1) is 5.41 Å². The van der Waals surface area contributed by atoms with Gasteiger partial charge >= 0.3 is 0 Å². The maximum absolute atomic E-state index is 13.0. The lowest BCUT2D eigenvalue weighted by molar-refractivity contribution is 0.0441. The zero-order valence-electron chi connectivity index (χ0n) is 14.1. The molecular formula is C19H21NO3S2. The second-order valence-electron chi connectivity index (χ2n) is 6.64. The number of benzene rings is 1.